The normalized spacial score (nSPS) is 12.3. The van der Waals surface area contributed by atoms with Crippen molar-refractivity contribution in [3.63, 3.8) is 0 Å². The largest absolute Gasteiger partial charge is 0.349 e. The van der Waals surface area contributed by atoms with Gasteiger partial charge < -0.3 is 10.6 Å². The van der Waals surface area contributed by atoms with Crippen molar-refractivity contribution in [1.82, 2.24) is 5.32 Å². The van der Waals surface area contributed by atoms with Gasteiger partial charge in [0.1, 0.15) is 0 Å². The number of carbonyl (C=O) groups excluding carboxylic acids is 2. The van der Waals surface area contributed by atoms with Crippen LogP contribution in [0.5, 0.6) is 0 Å². The number of primary sulfonamides is 1. The van der Waals surface area contributed by atoms with Crippen molar-refractivity contribution in [1.29, 1.82) is 0 Å². The monoisotopic (exact) mass is 389 g/mol. The van der Waals surface area contributed by atoms with Crippen LogP contribution in [-0.2, 0) is 25.4 Å². The van der Waals surface area contributed by atoms with E-state index in [1.54, 1.807) is 24.3 Å². The minimum atomic E-state index is -3.65. The topological polar surface area (TPSA) is 118 Å². The van der Waals surface area contributed by atoms with Crippen LogP contribution in [0.15, 0.2) is 48.5 Å². The number of hydrogen-bond acceptors (Lipinski definition) is 4. The summed E-state index contributed by atoms with van der Waals surface area (Å²) in [6.45, 7) is 3.36. The molecule has 1 atom stereocenters. The molecule has 0 fully saturated rings. The third-order valence-electron chi connectivity index (χ3n) is 3.83. The van der Waals surface area contributed by atoms with Crippen molar-refractivity contribution in [3.8, 4) is 0 Å². The smallest absolute Gasteiger partial charge is 0.226 e. The van der Waals surface area contributed by atoms with E-state index in [4.69, 9.17) is 5.14 Å². The Balaban J connectivity index is 2.10. The van der Waals surface area contributed by atoms with Crippen LogP contribution < -0.4 is 15.8 Å². The maximum absolute atomic E-state index is 12.4. The fourth-order valence-electron chi connectivity index (χ4n) is 2.66. The maximum Gasteiger partial charge on any atom is 0.226 e. The lowest BCUT2D eigenvalue weighted by Gasteiger charge is -2.18. The van der Waals surface area contributed by atoms with E-state index >= 15 is 0 Å². The molecular formula is C19H23N3O4S. The molecule has 0 saturated heterocycles. The van der Waals surface area contributed by atoms with Gasteiger partial charge in [-0.3, -0.25) is 9.59 Å². The molecule has 0 heterocycles. The Kier molecular flexibility index (Phi) is 6.70. The number of anilines is 1. The Hall–Kier alpha value is -2.71. The number of sulfonamides is 1. The zero-order valence-electron chi connectivity index (χ0n) is 15.2. The summed E-state index contributed by atoms with van der Waals surface area (Å²) >= 11 is 0. The molecule has 2 amide bonds. The number of hydrogen-bond donors (Lipinski definition) is 3. The predicted octanol–water partition coefficient (Wildman–Crippen LogP) is 1.99. The van der Waals surface area contributed by atoms with Crippen LogP contribution in [0.2, 0.25) is 0 Å². The van der Waals surface area contributed by atoms with E-state index in [0.29, 0.717) is 11.3 Å². The molecule has 0 spiro atoms. The molecule has 2 rings (SSSR count). The molecule has 2 aromatic rings. The second-order valence-electron chi connectivity index (χ2n) is 6.42. The number of nitrogens with one attached hydrogen (secondary N) is 2. The van der Waals surface area contributed by atoms with Crippen molar-refractivity contribution in [2.24, 2.45) is 5.14 Å². The summed E-state index contributed by atoms with van der Waals surface area (Å²) in [6, 6.07) is 13.6. The zero-order valence-corrected chi connectivity index (χ0v) is 16.0. The second-order valence-corrected chi connectivity index (χ2v) is 8.04. The van der Waals surface area contributed by atoms with Crippen LogP contribution >= 0.6 is 0 Å². The maximum atomic E-state index is 12.4. The number of rotatable bonds is 7. The van der Waals surface area contributed by atoms with E-state index in [0.717, 1.165) is 11.1 Å². The Morgan fingerprint density at radius 1 is 1.11 bits per heavy atom. The van der Waals surface area contributed by atoms with Crippen LogP contribution in [-0.4, -0.2) is 20.2 Å². The molecule has 0 aromatic heterocycles. The van der Waals surface area contributed by atoms with Crippen LogP contribution in [0.3, 0.4) is 0 Å². The van der Waals surface area contributed by atoms with E-state index in [1.165, 1.54) is 6.92 Å². The number of aryl methyl sites for hydroxylation is 1. The number of carbonyl (C=O) groups is 2. The first-order chi connectivity index (χ1) is 12.6. The summed E-state index contributed by atoms with van der Waals surface area (Å²) in [4.78, 5) is 23.9. The Labute approximate surface area is 159 Å². The van der Waals surface area contributed by atoms with E-state index in [1.807, 2.05) is 31.2 Å². The lowest BCUT2D eigenvalue weighted by Crippen LogP contribution is -2.29. The molecular weight excluding hydrogens is 366 g/mol. The summed E-state index contributed by atoms with van der Waals surface area (Å²) in [5.41, 5.74) is 2.85. The van der Waals surface area contributed by atoms with Crippen molar-refractivity contribution >= 4 is 27.5 Å². The molecule has 0 aliphatic rings. The molecule has 27 heavy (non-hydrogen) atoms. The van der Waals surface area contributed by atoms with Crippen molar-refractivity contribution < 1.29 is 18.0 Å². The van der Waals surface area contributed by atoms with Gasteiger partial charge in [0.15, 0.2) is 0 Å². The molecule has 7 nitrogen and oxygen atoms in total. The average Bonchev–Trinajstić information content (AvgIpc) is 2.53. The van der Waals surface area contributed by atoms with Gasteiger partial charge in [0.25, 0.3) is 0 Å². The lowest BCUT2D eigenvalue weighted by molar-refractivity contribution is -0.120. The van der Waals surface area contributed by atoms with Gasteiger partial charge in [-0.1, -0.05) is 42.0 Å². The van der Waals surface area contributed by atoms with Gasteiger partial charge in [0, 0.05) is 12.6 Å². The third kappa shape index (κ3) is 7.20. The van der Waals surface area contributed by atoms with Crippen LogP contribution in [0.4, 0.5) is 5.69 Å². The zero-order chi connectivity index (χ0) is 20.0. The van der Waals surface area contributed by atoms with Gasteiger partial charge in [-0.15, -0.1) is 0 Å². The summed E-state index contributed by atoms with van der Waals surface area (Å²) in [5, 5.41) is 10.6. The van der Waals surface area contributed by atoms with Crippen LogP contribution in [0, 0.1) is 6.92 Å². The summed E-state index contributed by atoms with van der Waals surface area (Å²) in [6.07, 6.45) is 0.0437. The average molecular weight is 389 g/mol. The molecule has 0 aliphatic carbocycles. The quantitative estimate of drug-likeness (QED) is 0.671. The van der Waals surface area contributed by atoms with Crippen LogP contribution in [0.1, 0.15) is 36.1 Å². The molecule has 0 aliphatic heterocycles. The number of nitrogens with two attached hydrogens (primary N) is 1. The van der Waals surface area contributed by atoms with Gasteiger partial charge in [-0.25, -0.2) is 13.6 Å². The van der Waals surface area contributed by atoms with Crippen molar-refractivity contribution in [2.75, 3.05) is 5.32 Å². The molecule has 0 saturated carbocycles. The summed E-state index contributed by atoms with van der Waals surface area (Å²) < 4.78 is 22.4. The summed E-state index contributed by atoms with van der Waals surface area (Å²) in [5.74, 6) is -0.847. The molecule has 8 heteroatoms. The van der Waals surface area contributed by atoms with Gasteiger partial charge in [0.05, 0.1) is 18.2 Å². The predicted molar refractivity (Wildman–Crippen MR) is 104 cm³/mol. The highest BCUT2D eigenvalue weighted by Gasteiger charge is 2.17. The van der Waals surface area contributed by atoms with E-state index in [-0.39, 0.29) is 24.0 Å². The summed E-state index contributed by atoms with van der Waals surface area (Å²) in [7, 11) is -3.65. The highest BCUT2D eigenvalue weighted by Crippen LogP contribution is 2.19. The molecule has 0 radical (unpaired) electrons. The number of amides is 2. The van der Waals surface area contributed by atoms with E-state index < -0.39 is 16.1 Å². The minimum absolute atomic E-state index is 0.0437. The van der Waals surface area contributed by atoms with Crippen molar-refractivity contribution in [3.05, 3.63) is 65.2 Å². The molecule has 0 bridgehead atoms. The molecule has 144 valence electrons. The lowest BCUT2D eigenvalue weighted by atomic mass is 10.0. The Morgan fingerprint density at radius 2 is 1.78 bits per heavy atom. The molecule has 2 aromatic carbocycles. The highest BCUT2D eigenvalue weighted by atomic mass is 32.2. The third-order valence-corrected chi connectivity index (χ3v) is 4.56. The first kappa shape index (κ1) is 20.6. The van der Waals surface area contributed by atoms with Crippen molar-refractivity contribution in [2.45, 2.75) is 32.1 Å². The standard InChI is InChI=1S/C19H23N3O4S/c1-13-6-8-16(9-7-13)18(21-14(2)23)11-19(24)22-17-5-3-4-15(10-17)12-27(20,25)26/h3-10,18H,11-12H2,1-2H3,(H,21,23)(H,22,24)(H2,20,25,26). The Bertz CT molecular complexity index is 924. The van der Waals surface area contributed by atoms with E-state index in [2.05, 4.69) is 10.6 Å². The van der Waals surface area contributed by atoms with E-state index in [9.17, 15) is 18.0 Å². The molecule has 4 N–H and O–H groups in total. The minimum Gasteiger partial charge on any atom is -0.349 e. The van der Waals surface area contributed by atoms with Gasteiger partial charge in [0.2, 0.25) is 21.8 Å². The fraction of sp³-hybridized carbons (Fsp3) is 0.263. The Morgan fingerprint density at radius 3 is 2.37 bits per heavy atom. The first-order valence-corrected chi connectivity index (χ1v) is 10.1. The van der Waals surface area contributed by atoms with Gasteiger partial charge >= 0.3 is 0 Å². The molecule has 1 unspecified atom stereocenters. The first-order valence-electron chi connectivity index (χ1n) is 8.35. The highest BCUT2D eigenvalue weighted by molar-refractivity contribution is 7.88. The van der Waals surface area contributed by atoms with Gasteiger partial charge in [-0.2, -0.15) is 0 Å². The second kappa shape index (κ2) is 8.79. The van der Waals surface area contributed by atoms with Crippen LogP contribution in [0.25, 0.3) is 0 Å². The SMILES string of the molecule is CC(=O)NC(CC(=O)Nc1cccc(CS(N)(=O)=O)c1)c1ccc(C)cc1. The fourth-order valence-corrected chi connectivity index (χ4v) is 3.31. The number of benzene rings is 2. The van der Waals surface area contributed by atoms with Gasteiger partial charge in [-0.05, 0) is 30.2 Å².